The minimum Gasteiger partial charge on any atom is -0.372 e. The summed E-state index contributed by atoms with van der Waals surface area (Å²) in [7, 11) is 5.87. The Bertz CT molecular complexity index is 595. The van der Waals surface area contributed by atoms with Gasteiger partial charge >= 0.3 is 0 Å². The Morgan fingerprint density at radius 1 is 1.30 bits per heavy atom. The summed E-state index contributed by atoms with van der Waals surface area (Å²) in [5, 5.41) is 8.32. The first-order valence-electron chi connectivity index (χ1n) is 6.85. The lowest BCUT2D eigenvalue weighted by Crippen LogP contribution is -2.29. The lowest BCUT2D eigenvalue weighted by molar-refractivity contribution is 0.217. The quantitative estimate of drug-likeness (QED) is 0.924. The van der Waals surface area contributed by atoms with E-state index in [1.165, 1.54) is 0 Å². The average Bonchev–Trinajstić information content (AvgIpc) is 2.68. The smallest absolute Gasteiger partial charge is 0.163 e. The highest BCUT2D eigenvalue weighted by molar-refractivity contribution is 5.86. The first-order valence-corrected chi connectivity index (χ1v) is 6.85. The lowest BCUT2D eigenvalue weighted by Gasteiger charge is -2.25. The van der Waals surface area contributed by atoms with Crippen LogP contribution in [-0.4, -0.2) is 45.3 Å². The summed E-state index contributed by atoms with van der Waals surface area (Å²) in [5.74, 6) is 1.65. The first kappa shape index (κ1) is 14.7. The second kappa shape index (κ2) is 5.36. The van der Waals surface area contributed by atoms with Gasteiger partial charge in [-0.05, 0) is 12.5 Å². The number of hydrogen-bond acceptors (Lipinski definition) is 5. The third kappa shape index (κ3) is 3.25. The molecule has 2 aromatic heterocycles. The molecule has 2 rings (SSSR count). The summed E-state index contributed by atoms with van der Waals surface area (Å²) >= 11 is 0. The van der Waals surface area contributed by atoms with Gasteiger partial charge in [-0.3, -0.25) is 9.58 Å². The van der Waals surface area contributed by atoms with E-state index in [2.05, 4.69) is 53.1 Å². The Hall–Kier alpha value is -1.69. The number of hydrogen-bond donors (Lipinski definition) is 1. The SMILES string of the molecule is CNc1nc(CN(C)CC(C)(C)C)nc2c1cnn2C. The zero-order chi connectivity index (χ0) is 14.9. The molecule has 0 atom stereocenters. The van der Waals surface area contributed by atoms with Crippen LogP contribution in [-0.2, 0) is 13.6 Å². The molecule has 2 heterocycles. The van der Waals surface area contributed by atoms with Crippen molar-refractivity contribution in [2.75, 3.05) is 26.0 Å². The molecule has 20 heavy (non-hydrogen) atoms. The van der Waals surface area contributed by atoms with Crippen LogP contribution in [0.3, 0.4) is 0 Å². The van der Waals surface area contributed by atoms with Gasteiger partial charge in [-0.2, -0.15) is 5.10 Å². The molecule has 0 aliphatic carbocycles. The second-order valence-corrected chi connectivity index (χ2v) is 6.48. The topological polar surface area (TPSA) is 58.9 Å². The number of fused-ring (bicyclic) bond motifs is 1. The van der Waals surface area contributed by atoms with Crippen LogP contribution in [0.2, 0.25) is 0 Å². The maximum absolute atomic E-state index is 4.62. The monoisotopic (exact) mass is 276 g/mol. The molecule has 0 fully saturated rings. The van der Waals surface area contributed by atoms with Crippen molar-refractivity contribution in [1.29, 1.82) is 0 Å². The molecule has 0 radical (unpaired) electrons. The van der Waals surface area contributed by atoms with Gasteiger partial charge in [0.25, 0.3) is 0 Å². The van der Waals surface area contributed by atoms with Crippen LogP contribution in [0.1, 0.15) is 26.6 Å². The van der Waals surface area contributed by atoms with E-state index in [9.17, 15) is 0 Å². The molecule has 0 aliphatic rings. The fourth-order valence-electron chi connectivity index (χ4n) is 2.44. The molecule has 110 valence electrons. The molecule has 0 amide bonds. The third-order valence-electron chi connectivity index (χ3n) is 3.03. The van der Waals surface area contributed by atoms with Gasteiger partial charge in [-0.15, -0.1) is 0 Å². The summed E-state index contributed by atoms with van der Waals surface area (Å²) in [6, 6.07) is 0. The van der Waals surface area contributed by atoms with Crippen LogP contribution < -0.4 is 5.32 Å². The number of rotatable bonds is 4. The van der Waals surface area contributed by atoms with Crippen LogP contribution >= 0.6 is 0 Å². The largest absolute Gasteiger partial charge is 0.372 e. The van der Waals surface area contributed by atoms with Crippen LogP contribution in [0.5, 0.6) is 0 Å². The van der Waals surface area contributed by atoms with E-state index in [-0.39, 0.29) is 5.41 Å². The summed E-state index contributed by atoms with van der Waals surface area (Å²) < 4.78 is 1.78. The highest BCUT2D eigenvalue weighted by atomic mass is 15.3. The maximum atomic E-state index is 4.62. The molecule has 0 saturated heterocycles. The number of nitrogens with one attached hydrogen (secondary N) is 1. The Morgan fingerprint density at radius 2 is 2.00 bits per heavy atom. The average molecular weight is 276 g/mol. The molecule has 0 unspecified atom stereocenters. The van der Waals surface area contributed by atoms with E-state index in [0.717, 1.165) is 35.8 Å². The minimum atomic E-state index is 0.261. The Kier molecular flexibility index (Phi) is 3.94. The van der Waals surface area contributed by atoms with Crippen LogP contribution in [0.4, 0.5) is 5.82 Å². The van der Waals surface area contributed by atoms with Crippen LogP contribution in [0.15, 0.2) is 6.20 Å². The second-order valence-electron chi connectivity index (χ2n) is 6.48. The lowest BCUT2D eigenvalue weighted by atomic mass is 9.96. The predicted molar refractivity (Wildman–Crippen MR) is 81.6 cm³/mol. The van der Waals surface area contributed by atoms with Crippen molar-refractivity contribution >= 4 is 16.9 Å². The van der Waals surface area contributed by atoms with Crippen molar-refractivity contribution in [1.82, 2.24) is 24.6 Å². The van der Waals surface area contributed by atoms with Crippen LogP contribution in [0.25, 0.3) is 11.0 Å². The van der Waals surface area contributed by atoms with Gasteiger partial charge in [0.15, 0.2) is 5.65 Å². The van der Waals surface area contributed by atoms with E-state index in [0.29, 0.717) is 0 Å². The van der Waals surface area contributed by atoms with E-state index < -0.39 is 0 Å². The van der Waals surface area contributed by atoms with Gasteiger partial charge in [0.2, 0.25) is 0 Å². The normalized spacial score (nSPS) is 12.3. The van der Waals surface area contributed by atoms with Gasteiger partial charge < -0.3 is 5.32 Å². The van der Waals surface area contributed by atoms with E-state index in [1.807, 2.05) is 14.1 Å². The first-order chi connectivity index (χ1) is 9.30. The van der Waals surface area contributed by atoms with Crippen molar-refractivity contribution in [3.05, 3.63) is 12.0 Å². The van der Waals surface area contributed by atoms with E-state index in [4.69, 9.17) is 0 Å². The fourth-order valence-corrected chi connectivity index (χ4v) is 2.44. The molecular formula is C14H24N6. The molecule has 1 N–H and O–H groups in total. The molecule has 6 nitrogen and oxygen atoms in total. The maximum Gasteiger partial charge on any atom is 0.163 e. The minimum absolute atomic E-state index is 0.261. The summed E-state index contributed by atoms with van der Waals surface area (Å²) in [6.45, 7) is 8.41. The Balaban J connectivity index is 2.28. The Labute approximate surface area is 120 Å². The molecular weight excluding hydrogens is 252 g/mol. The van der Waals surface area contributed by atoms with Crippen LogP contribution in [0, 0.1) is 5.41 Å². The van der Waals surface area contributed by atoms with Gasteiger partial charge in [0.05, 0.1) is 18.1 Å². The number of aromatic nitrogens is 4. The van der Waals surface area contributed by atoms with Gasteiger partial charge in [-0.1, -0.05) is 20.8 Å². The van der Waals surface area contributed by atoms with Gasteiger partial charge in [0, 0.05) is 20.6 Å². The highest BCUT2D eigenvalue weighted by Crippen LogP contribution is 2.20. The molecule has 0 saturated carbocycles. The summed E-state index contributed by atoms with van der Waals surface area (Å²) in [6.07, 6.45) is 1.80. The molecule has 0 spiro atoms. The predicted octanol–water partition coefficient (Wildman–Crippen LogP) is 1.88. The molecule has 0 bridgehead atoms. The molecule has 0 aliphatic heterocycles. The van der Waals surface area contributed by atoms with Crippen molar-refractivity contribution < 1.29 is 0 Å². The van der Waals surface area contributed by atoms with Crippen molar-refractivity contribution in [2.24, 2.45) is 12.5 Å². The highest BCUT2D eigenvalue weighted by Gasteiger charge is 2.16. The van der Waals surface area contributed by atoms with E-state index >= 15 is 0 Å². The zero-order valence-electron chi connectivity index (χ0n) is 13.2. The van der Waals surface area contributed by atoms with Crippen molar-refractivity contribution in [3.8, 4) is 0 Å². The van der Waals surface area contributed by atoms with Crippen molar-refractivity contribution in [3.63, 3.8) is 0 Å². The number of anilines is 1. The molecule has 6 heteroatoms. The zero-order valence-corrected chi connectivity index (χ0v) is 13.2. The molecule has 2 aromatic rings. The van der Waals surface area contributed by atoms with Crippen molar-refractivity contribution in [2.45, 2.75) is 27.3 Å². The van der Waals surface area contributed by atoms with E-state index in [1.54, 1.807) is 10.9 Å². The standard InChI is InChI=1S/C14H24N6/c1-14(2,3)9-19(5)8-11-17-12(15-4)10-7-16-20(6)13(10)18-11/h7H,8-9H2,1-6H3,(H,15,17,18). The van der Waals surface area contributed by atoms with Gasteiger partial charge in [-0.25, -0.2) is 9.97 Å². The third-order valence-corrected chi connectivity index (χ3v) is 3.03. The van der Waals surface area contributed by atoms with Gasteiger partial charge in [0.1, 0.15) is 11.6 Å². The number of aryl methyl sites for hydroxylation is 1. The summed E-state index contributed by atoms with van der Waals surface area (Å²) in [4.78, 5) is 11.5. The Morgan fingerprint density at radius 3 is 2.60 bits per heavy atom. The summed E-state index contributed by atoms with van der Waals surface area (Å²) in [5.41, 5.74) is 1.13. The molecule has 0 aromatic carbocycles. The number of nitrogens with zero attached hydrogens (tertiary/aromatic N) is 5. The fraction of sp³-hybridized carbons (Fsp3) is 0.643.